The Morgan fingerprint density at radius 2 is 1.07 bits per heavy atom. The van der Waals surface area contributed by atoms with Crippen LogP contribution in [0.15, 0.2) is 72.8 Å². The van der Waals surface area contributed by atoms with E-state index in [9.17, 15) is 0 Å². The number of para-hydroxylation sites is 2. The molecule has 0 fully saturated rings. The summed E-state index contributed by atoms with van der Waals surface area (Å²) in [6.07, 6.45) is 7.92. The second-order valence-corrected chi connectivity index (χ2v) is 6.08. The Labute approximate surface area is 168 Å². The predicted molar refractivity (Wildman–Crippen MR) is 113 cm³/mol. The molecule has 0 atom stereocenters. The minimum atomic E-state index is 0.458. The maximum absolute atomic E-state index is 5.91. The average Bonchev–Trinajstić information content (AvgIpc) is 2.73. The van der Waals surface area contributed by atoms with Crippen LogP contribution in [0.25, 0.3) is 0 Å². The molecule has 0 aliphatic rings. The lowest BCUT2D eigenvalue weighted by Crippen LogP contribution is -2.11. The fraction of sp³-hybridized carbons (Fsp3) is 0.333. The molecule has 0 saturated heterocycles. The predicted octanol–water partition coefficient (Wildman–Crippen LogP) is 5.33. The first-order valence-electron chi connectivity index (χ1n) is 9.64. The van der Waals surface area contributed by atoms with Crippen LogP contribution in [0.3, 0.4) is 0 Å². The number of ether oxygens (including phenoxy) is 4. The molecule has 0 aromatic heterocycles. The molecule has 0 amide bonds. The number of hydrogen-bond acceptors (Lipinski definition) is 4. The van der Waals surface area contributed by atoms with E-state index in [4.69, 9.17) is 18.9 Å². The summed E-state index contributed by atoms with van der Waals surface area (Å²) in [5.41, 5.74) is 2.06. The van der Waals surface area contributed by atoms with Gasteiger partial charge in [0, 0.05) is 11.1 Å². The van der Waals surface area contributed by atoms with Gasteiger partial charge in [0.1, 0.15) is 24.7 Å². The maximum Gasteiger partial charge on any atom is 0.125 e. The normalized spacial score (nSPS) is 11.4. The Morgan fingerprint density at radius 3 is 1.50 bits per heavy atom. The van der Waals surface area contributed by atoms with Crippen LogP contribution in [0.5, 0.6) is 11.5 Å². The van der Waals surface area contributed by atoms with Gasteiger partial charge in [-0.2, -0.15) is 0 Å². The van der Waals surface area contributed by atoms with Gasteiger partial charge in [0.25, 0.3) is 0 Å². The topological polar surface area (TPSA) is 36.9 Å². The minimum Gasteiger partial charge on any atom is -0.490 e. The van der Waals surface area contributed by atoms with Crippen LogP contribution in [-0.4, -0.2) is 26.4 Å². The molecule has 0 aliphatic carbocycles. The van der Waals surface area contributed by atoms with Crippen LogP contribution in [0.1, 0.15) is 25.0 Å². The van der Waals surface area contributed by atoms with E-state index < -0.39 is 0 Å². The van der Waals surface area contributed by atoms with Crippen LogP contribution in [-0.2, 0) is 22.7 Å². The van der Waals surface area contributed by atoms with E-state index in [0.29, 0.717) is 39.6 Å². The monoisotopic (exact) mass is 382 g/mol. The number of rotatable bonds is 13. The van der Waals surface area contributed by atoms with Crippen molar-refractivity contribution in [3.63, 3.8) is 0 Å². The van der Waals surface area contributed by atoms with E-state index in [-0.39, 0.29) is 0 Å². The highest BCUT2D eigenvalue weighted by Gasteiger charge is 2.05. The Hall–Kier alpha value is -2.56. The molecule has 0 unspecified atom stereocenters. The molecule has 4 nitrogen and oxygen atoms in total. The van der Waals surface area contributed by atoms with Gasteiger partial charge in [0.15, 0.2) is 0 Å². The van der Waals surface area contributed by atoms with E-state index in [2.05, 4.69) is 0 Å². The highest BCUT2D eigenvalue weighted by molar-refractivity contribution is 5.33. The summed E-state index contributed by atoms with van der Waals surface area (Å²) < 4.78 is 23.1. The highest BCUT2D eigenvalue weighted by Crippen LogP contribution is 2.21. The maximum atomic E-state index is 5.91. The third-order valence-corrected chi connectivity index (χ3v) is 3.96. The van der Waals surface area contributed by atoms with Gasteiger partial charge in [-0.15, -0.1) is 0 Å². The van der Waals surface area contributed by atoms with Gasteiger partial charge in [-0.1, -0.05) is 60.7 Å². The molecule has 2 aromatic carbocycles. The van der Waals surface area contributed by atoms with Crippen LogP contribution >= 0.6 is 0 Å². The van der Waals surface area contributed by atoms with Crippen molar-refractivity contribution >= 4 is 0 Å². The van der Waals surface area contributed by atoms with Crippen LogP contribution < -0.4 is 9.47 Å². The number of hydrogen-bond donors (Lipinski definition) is 0. The molecule has 0 heterocycles. The Kier molecular flexibility index (Phi) is 10.5. The zero-order valence-corrected chi connectivity index (χ0v) is 16.8. The molecule has 0 bridgehead atoms. The molecule has 2 aromatic rings. The first kappa shape index (κ1) is 21.7. The van der Waals surface area contributed by atoms with Crippen molar-refractivity contribution in [2.75, 3.05) is 26.4 Å². The van der Waals surface area contributed by atoms with Crippen LogP contribution in [0.4, 0.5) is 0 Å². The SMILES string of the molecule is C/C=C/COCc1ccccc1OCCOc1ccccc1COC/C=C/C. The molecule has 2 rings (SSSR count). The third kappa shape index (κ3) is 7.99. The number of benzene rings is 2. The van der Waals surface area contributed by atoms with Crippen molar-refractivity contribution in [3.05, 3.63) is 84.0 Å². The molecule has 28 heavy (non-hydrogen) atoms. The van der Waals surface area contributed by atoms with E-state index in [1.807, 2.05) is 86.7 Å². The zero-order chi connectivity index (χ0) is 19.9. The summed E-state index contributed by atoms with van der Waals surface area (Å²) in [6, 6.07) is 15.8. The van der Waals surface area contributed by atoms with Gasteiger partial charge in [0.05, 0.1) is 26.4 Å². The van der Waals surface area contributed by atoms with E-state index in [0.717, 1.165) is 22.6 Å². The number of allylic oxidation sites excluding steroid dienone is 2. The molecule has 0 N–H and O–H groups in total. The van der Waals surface area contributed by atoms with Gasteiger partial charge in [-0.25, -0.2) is 0 Å². The first-order chi connectivity index (χ1) is 13.8. The van der Waals surface area contributed by atoms with Crippen LogP contribution in [0, 0.1) is 0 Å². The minimum absolute atomic E-state index is 0.458. The molecule has 150 valence electrons. The molecule has 0 spiro atoms. The lowest BCUT2D eigenvalue weighted by Gasteiger charge is -2.14. The molecule has 0 saturated carbocycles. The van der Waals surface area contributed by atoms with Crippen molar-refractivity contribution in [1.29, 1.82) is 0 Å². The van der Waals surface area contributed by atoms with E-state index >= 15 is 0 Å². The standard InChI is InChI=1S/C24H30O4/c1-3-5-15-25-19-21-11-7-9-13-23(21)27-17-18-28-24-14-10-8-12-22(24)20-26-16-6-4-2/h3-14H,15-20H2,1-2H3/b5-3+,6-4+. The smallest absolute Gasteiger partial charge is 0.125 e. The van der Waals surface area contributed by atoms with Crippen molar-refractivity contribution in [1.82, 2.24) is 0 Å². The van der Waals surface area contributed by atoms with E-state index in [1.54, 1.807) is 0 Å². The second-order valence-electron chi connectivity index (χ2n) is 6.08. The molecular formula is C24H30O4. The lowest BCUT2D eigenvalue weighted by atomic mass is 10.2. The Morgan fingerprint density at radius 1 is 0.643 bits per heavy atom. The van der Waals surface area contributed by atoms with Crippen molar-refractivity contribution in [2.24, 2.45) is 0 Å². The first-order valence-corrected chi connectivity index (χ1v) is 9.64. The Bertz CT molecular complexity index is 673. The largest absolute Gasteiger partial charge is 0.490 e. The van der Waals surface area contributed by atoms with Crippen molar-refractivity contribution in [2.45, 2.75) is 27.1 Å². The van der Waals surface area contributed by atoms with Gasteiger partial charge >= 0.3 is 0 Å². The van der Waals surface area contributed by atoms with Crippen molar-refractivity contribution < 1.29 is 18.9 Å². The van der Waals surface area contributed by atoms with Gasteiger partial charge in [-0.05, 0) is 26.0 Å². The average molecular weight is 383 g/mol. The van der Waals surface area contributed by atoms with E-state index in [1.165, 1.54) is 0 Å². The van der Waals surface area contributed by atoms with Gasteiger partial charge in [0.2, 0.25) is 0 Å². The van der Waals surface area contributed by atoms with Gasteiger partial charge in [-0.3, -0.25) is 0 Å². The molecular weight excluding hydrogens is 352 g/mol. The summed E-state index contributed by atoms with van der Waals surface area (Å²) in [4.78, 5) is 0. The summed E-state index contributed by atoms with van der Waals surface area (Å²) in [5, 5.41) is 0. The summed E-state index contributed by atoms with van der Waals surface area (Å²) in [6.45, 7) is 7.11. The van der Waals surface area contributed by atoms with Gasteiger partial charge < -0.3 is 18.9 Å². The summed E-state index contributed by atoms with van der Waals surface area (Å²) >= 11 is 0. The summed E-state index contributed by atoms with van der Waals surface area (Å²) in [7, 11) is 0. The second kappa shape index (κ2) is 13.6. The fourth-order valence-corrected chi connectivity index (χ4v) is 2.50. The third-order valence-electron chi connectivity index (χ3n) is 3.96. The molecule has 4 heteroatoms. The molecule has 0 radical (unpaired) electrons. The quantitative estimate of drug-likeness (QED) is 0.347. The molecule has 0 aliphatic heterocycles. The fourth-order valence-electron chi connectivity index (χ4n) is 2.50. The van der Waals surface area contributed by atoms with Crippen molar-refractivity contribution in [3.8, 4) is 11.5 Å². The lowest BCUT2D eigenvalue weighted by molar-refractivity contribution is 0.140. The highest BCUT2D eigenvalue weighted by atomic mass is 16.5. The summed E-state index contributed by atoms with van der Waals surface area (Å²) in [5.74, 6) is 1.66. The zero-order valence-electron chi connectivity index (χ0n) is 16.8. The Balaban J connectivity index is 1.80. The van der Waals surface area contributed by atoms with Crippen LogP contribution in [0.2, 0.25) is 0 Å².